The van der Waals surface area contributed by atoms with Crippen LogP contribution in [0.1, 0.15) is 5.56 Å². The van der Waals surface area contributed by atoms with Crippen molar-refractivity contribution in [3.63, 3.8) is 0 Å². The van der Waals surface area contributed by atoms with Crippen LogP contribution in [0.3, 0.4) is 0 Å². The van der Waals surface area contributed by atoms with E-state index in [1.807, 2.05) is 24.3 Å². The summed E-state index contributed by atoms with van der Waals surface area (Å²) >= 11 is 4.73. The Morgan fingerprint density at radius 2 is 1.95 bits per heavy atom. The first-order valence-corrected chi connectivity index (χ1v) is 7.03. The standard InChI is InChI=1S/C13H10BrNO3S/c14-10-3-1-2-4-12(10)19-13-6-5-9(8-16)7-11(13)15(17)18/h1-7,16H,8H2. The molecule has 0 bridgehead atoms. The van der Waals surface area contributed by atoms with Crippen LogP contribution in [0.25, 0.3) is 0 Å². The van der Waals surface area contributed by atoms with Gasteiger partial charge in [0.15, 0.2) is 0 Å². The van der Waals surface area contributed by atoms with E-state index in [4.69, 9.17) is 5.11 Å². The minimum Gasteiger partial charge on any atom is -0.392 e. The Hall–Kier alpha value is -1.37. The maximum absolute atomic E-state index is 11.1. The smallest absolute Gasteiger partial charge is 0.283 e. The molecule has 0 amide bonds. The molecule has 0 saturated carbocycles. The van der Waals surface area contributed by atoms with Crippen molar-refractivity contribution < 1.29 is 10.0 Å². The van der Waals surface area contributed by atoms with E-state index in [1.54, 1.807) is 12.1 Å². The summed E-state index contributed by atoms with van der Waals surface area (Å²) in [6.07, 6.45) is 0. The molecule has 2 rings (SSSR count). The van der Waals surface area contributed by atoms with Crippen LogP contribution in [0, 0.1) is 10.1 Å². The lowest BCUT2D eigenvalue weighted by molar-refractivity contribution is -0.387. The van der Waals surface area contributed by atoms with E-state index in [-0.39, 0.29) is 12.3 Å². The highest BCUT2D eigenvalue weighted by Crippen LogP contribution is 2.38. The van der Waals surface area contributed by atoms with Gasteiger partial charge < -0.3 is 5.11 Å². The second-order valence-electron chi connectivity index (χ2n) is 3.75. The summed E-state index contributed by atoms with van der Waals surface area (Å²) < 4.78 is 0.889. The van der Waals surface area contributed by atoms with Crippen LogP contribution in [0.2, 0.25) is 0 Å². The van der Waals surface area contributed by atoms with Crippen LogP contribution in [0.5, 0.6) is 0 Å². The minimum atomic E-state index is -0.432. The molecule has 0 radical (unpaired) electrons. The molecule has 2 aromatic carbocycles. The fourth-order valence-electron chi connectivity index (χ4n) is 1.54. The first kappa shape index (κ1) is 14.0. The summed E-state index contributed by atoms with van der Waals surface area (Å²) in [5, 5.41) is 20.1. The van der Waals surface area contributed by atoms with Gasteiger partial charge in [-0.15, -0.1) is 0 Å². The zero-order valence-corrected chi connectivity index (χ0v) is 12.1. The van der Waals surface area contributed by atoms with Crippen LogP contribution < -0.4 is 0 Å². The van der Waals surface area contributed by atoms with Gasteiger partial charge in [0.2, 0.25) is 0 Å². The Morgan fingerprint density at radius 1 is 1.21 bits per heavy atom. The summed E-state index contributed by atoms with van der Waals surface area (Å²) in [7, 11) is 0. The van der Waals surface area contributed by atoms with Gasteiger partial charge in [0.25, 0.3) is 5.69 Å². The fourth-order valence-corrected chi connectivity index (χ4v) is 2.99. The monoisotopic (exact) mass is 339 g/mol. The fraction of sp³-hybridized carbons (Fsp3) is 0.0769. The average Bonchev–Trinajstić information content (AvgIpc) is 2.41. The quantitative estimate of drug-likeness (QED) is 0.675. The number of aliphatic hydroxyl groups is 1. The van der Waals surface area contributed by atoms with Gasteiger partial charge in [-0.1, -0.05) is 30.0 Å². The molecule has 98 valence electrons. The Kier molecular flexibility index (Phi) is 4.57. The molecule has 0 aliphatic rings. The number of aliphatic hydroxyl groups excluding tert-OH is 1. The van der Waals surface area contributed by atoms with Crippen LogP contribution in [-0.2, 0) is 6.61 Å². The molecule has 0 heterocycles. The molecule has 19 heavy (non-hydrogen) atoms. The van der Waals surface area contributed by atoms with E-state index in [9.17, 15) is 10.1 Å². The first-order valence-electron chi connectivity index (χ1n) is 5.42. The topological polar surface area (TPSA) is 63.4 Å². The third-order valence-corrected chi connectivity index (χ3v) is 4.55. The van der Waals surface area contributed by atoms with Crippen LogP contribution >= 0.6 is 27.7 Å². The number of rotatable bonds is 4. The maximum Gasteiger partial charge on any atom is 0.283 e. The number of nitrogens with zero attached hydrogens (tertiary/aromatic N) is 1. The molecule has 0 aliphatic heterocycles. The molecule has 0 unspecified atom stereocenters. The van der Waals surface area contributed by atoms with Crippen LogP contribution in [0.4, 0.5) is 5.69 Å². The minimum absolute atomic E-state index is 0.00676. The predicted molar refractivity (Wildman–Crippen MR) is 77.3 cm³/mol. The third kappa shape index (κ3) is 3.34. The average molecular weight is 340 g/mol. The van der Waals surface area contributed by atoms with Gasteiger partial charge in [-0.05, 0) is 39.7 Å². The summed E-state index contributed by atoms with van der Waals surface area (Å²) in [6, 6.07) is 12.3. The van der Waals surface area contributed by atoms with Crippen LogP contribution in [-0.4, -0.2) is 10.0 Å². The largest absolute Gasteiger partial charge is 0.392 e. The number of nitro benzene ring substituents is 1. The van der Waals surface area contributed by atoms with Crippen molar-refractivity contribution in [2.45, 2.75) is 16.4 Å². The summed E-state index contributed by atoms with van der Waals surface area (Å²) in [4.78, 5) is 12.1. The third-order valence-electron chi connectivity index (χ3n) is 2.46. The molecule has 4 nitrogen and oxygen atoms in total. The van der Waals surface area contributed by atoms with Crippen molar-refractivity contribution in [1.82, 2.24) is 0 Å². The summed E-state index contributed by atoms with van der Waals surface area (Å²) in [6.45, 7) is -0.208. The molecule has 0 saturated heterocycles. The van der Waals surface area contributed by atoms with Gasteiger partial charge >= 0.3 is 0 Å². The number of halogens is 1. The molecule has 1 N–H and O–H groups in total. The molecule has 0 fully saturated rings. The lowest BCUT2D eigenvalue weighted by Crippen LogP contribution is -1.93. The second-order valence-corrected chi connectivity index (χ2v) is 5.69. The Bertz CT molecular complexity index is 619. The van der Waals surface area contributed by atoms with Crippen molar-refractivity contribution >= 4 is 33.4 Å². The number of hydrogen-bond donors (Lipinski definition) is 1. The van der Waals surface area contributed by atoms with Gasteiger partial charge in [-0.25, -0.2) is 0 Å². The highest BCUT2D eigenvalue weighted by atomic mass is 79.9. The normalized spacial score (nSPS) is 10.4. The lowest BCUT2D eigenvalue weighted by atomic mass is 10.2. The van der Waals surface area contributed by atoms with E-state index in [0.717, 1.165) is 9.37 Å². The van der Waals surface area contributed by atoms with Crippen molar-refractivity contribution in [2.75, 3.05) is 0 Å². The Morgan fingerprint density at radius 3 is 2.58 bits per heavy atom. The molecule has 2 aromatic rings. The number of benzene rings is 2. The zero-order chi connectivity index (χ0) is 13.8. The van der Waals surface area contributed by atoms with Gasteiger partial charge in [-0.3, -0.25) is 10.1 Å². The molecule has 6 heteroatoms. The summed E-state index contributed by atoms with van der Waals surface area (Å²) in [5.74, 6) is 0. The SMILES string of the molecule is O=[N+]([O-])c1cc(CO)ccc1Sc1ccccc1Br. The maximum atomic E-state index is 11.1. The second kappa shape index (κ2) is 6.18. The molecule has 0 aliphatic carbocycles. The van der Waals surface area contributed by atoms with Crippen LogP contribution in [0.15, 0.2) is 56.7 Å². The number of nitro groups is 1. The highest BCUT2D eigenvalue weighted by molar-refractivity contribution is 9.10. The van der Waals surface area contributed by atoms with Crippen molar-refractivity contribution in [3.8, 4) is 0 Å². The van der Waals surface area contributed by atoms with Gasteiger partial charge in [0.05, 0.1) is 16.4 Å². The first-order chi connectivity index (χ1) is 9.11. The van der Waals surface area contributed by atoms with E-state index in [0.29, 0.717) is 10.5 Å². The van der Waals surface area contributed by atoms with Gasteiger partial charge in [0, 0.05) is 15.4 Å². The highest BCUT2D eigenvalue weighted by Gasteiger charge is 2.16. The van der Waals surface area contributed by atoms with Crippen molar-refractivity contribution in [1.29, 1.82) is 0 Å². The summed E-state index contributed by atoms with van der Waals surface area (Å²) in [5.41, 5.74) is 0.537. The van der Waals surface area contributed by atoms with Crippen molar-refractivity contribution in [3.05, 3.63) is 62.6 Å². The van der Waals surface area contributed by atoms with E-state index >= 15 is 0 Å². The van der Waals surface area contributed by atoms with Gasteiger partial charge in [-0.2, -0.15) is 0 Å². The molecule has 0 atom stereocenters. The van der Waals surface area contributed by atoms with Gasteiger partial charge in [0.1, 0.15) is 0 Å². The van der Waals surface area contributed by atoms with E-state index in [2.05, 4.69) is 15.9 Å². The zero-order valence-electron chi connectivity index (χ0n) is 9.75. The lowest BCUT2D eigenvalue weighted by Gasteiger charge is -2.06. The Labute approximate surface area is 122 Å². The van der Waals surface area contributed by atoms with E-state index in [1.165, 1.54) is 17.8 Å². The Balaban J connectivity index is 2.40. The molecular formula is C13H10BrNO3S. The number of hydrogen-bond acceptors (Lipinski definition) is 4. The molecule has 0 spiro atoms. The van der Waals surface area contributed by atoms with E-state index < -0.39 is 4.92 Å². The predicted octanol–water partition coefficient (Wildman–Crippen LogP) is 4.00. The van der Waals surface area contributed by atoms with Crippen molar-refractivity contribution in [2.24, 2.45) is 0 Å². The molecule has 0 aromatic heterocycles. The molecular weight excluding hydrogens is 330 g/mol.